The van der Waals surface area contributed by atoms with Gasteiger partial charge in [0.1, 0.15) is 5.36 Å². The maximum Gasteiger partial charge on any atom is 0.416 e. The number of aromatic nitrogens is 2. The van der Waals surface area contributed by atoms with Gasteiger partial charge < -0.3 is 9.77 Å². The molecule has 0 saturated heterocycles. The molecule has 0 aliphatic rings. The summed E-state index contributed by atoms with van der Waals surface area (Å²) < 4.78 is 41.0. The molecule has 0 saturated carbocycles. The Kier molecular flexibility index (Phi) is 5.99. The van der Waals surface area contributed by atoms with E-state index in [1.165, 1.54) is 12.1 Å². The van der Waals surface area contributed by atoms with E-state index >= 15 is 0 Å². The average molecular weight is 494 g/mol. The molecule has 0 aliphatic heterocycles. The highest BCUT2D eigenvalue weighted by molar-refractivity contribution is 6.34. The SMILES string of the molecule is Cc1cn(Cc2ccc(C(F)(F)F)cc2)c2cc(C(=O)N=c3c(Cl)cn(O)cc3Cl)ccc12. The van der Waals surface area contributed by atoms with Gasteiger partial charge in [0, 0.05) is 29.2 Å². The summed E-state index contributed by atoms with van der Waals surface area (Å²) in [5.74, 6) is -0.587. The largest absolute Gasteiger partial charge is 0.429 e. The van der Waals surface area contributed by atoms with Crippen molar-refractivity contribution in [2.75, 3.05) is 0 Å². The molecule has 0 bridgehead atoms. The Morgan fingerprint density at radius 1 is 1.03 bits per heavy atom. The van der Waals surface area contributed by atoms with Crippen LogP contribution in [0.25, 0.3) is 10.9 Å². The number of hydrogen-bond donors (Lipinski definition) is 1. The summed E-state index contributed by atoms with van der Waals surface area (Å²) in [7, 11) is 0. The van der Waals surface area contributed by atoms with E-state index in [-0.39, 0.29) is 21.0 Å². The molecule has 0 spiro atoms. The molecule has 0 radical (unpaired) electrons. The van der Waals surface area contributed by atoms with Gasteiger partial charge in [0.05, 0.1) is 28.0 Å². The molecule has 4 aromatic rings. The van der Waals surface area contributed by atoms with Gasteiger partial charge in [-0.05, 0) is 42.3 Å². The van der Waals surface area contributed by atoms with E-state index in [4.69, 9.17) is 23.2 Å². The molecule has 0 atom stereocenters. The smallest absolute Gasteiger partial charge is 0.416 e. The van der Waals surface area contributed by atoms with Crippen LogP contribution >= 0.6 is 23.2 Å². The van der Waals surface area contributed by atoms with E-state index in [1.54, 1.807) is 18.2 Å². The minimum Gasteiger partial charge on any atom is -0.429 e. The third kappa shape index (κ3) is 4.77. The van der Waals surface area contributed by atoms with Crippen LogP contribution in [0.1, 0.15) is 27.0 Å². The molecular formula is C23H16Cl2F3N3O2. The summed E-state index contributed by atoms with van der Waals surface area (Å²) in [5.41, 5.74) is 1.93. The maximum absolute atomic E-state index is 12.8. The molecule has 4 rings (SSSR count). The Balaban J connectivity index is 1.70. The summed E-state index contributed by atoms with van der Waals surface area (Å²) >= 11 is 12.1. The first-order valence-corrected chi connectivity index (χ1v) is 10.4. The molecule has 1 N–H and O–H groups in total. The molecule has 170 valence electrons. The van der Waals surface area contributed by atoms with Gasteiger partial charge in [0.25, 0.3) is 5.91 Å². The number of hydrogen-bond acceptors (Lipinski definition) is 2. The summed E-state index contributed by atoms with van der Waals surface area (Å²) in [6, 6.07) is 10.0. The van der Waals surface area contributed by atoms with Crippen LogP contribution in [0.2, 0.25) is 10.0 Å². The Morgan fingerprint density at radius 3 is 2.27 bits per heavy atom. The molecule has 2 aromatic carbocycles. The third-order valence-electron chi connectivity index (χ3n) is 5.12. The fourth-order valence-corrected chi connectivity index (χ4v) is 4.05. The minimum atomic E-state index is -4.39. The van der Waals surface area contributed by atoms with Crippen molar-refractivity contribution in [3.63, 3.8) is 0 Å². The average Bonchev–Trinajstić information content (AvgIpc) is 3.05. The summed E-state index contributed by atoms with van der Waals surface area (Å²) in [6.45, 7) is 2.23. The lowest BCUT2D eigenvalue weighted by Crippen LogP contribution is -2.12. The lowest BCUT2D eigenvalue weighted by molar-refractivity contribution is -0.137. The highest BCUT2D eigenvalue weighted by Gasteiger charge is 2.29. The zero-order valence-corrected chi connectivity index (χ0v) is 18.6. The lowest BCUT2D eigenvalue weighted by Gasteiger charge is -2.09. The molecule has 0 fully saturated rings. The number of halogens is 5. The molecule has 33 heavy (non-hydrogen) atoms. The van der Waals surface area contributed by atoms with Gasteiger partial charge >= 0.3 is 6.18 Å². The molecule has 1 amide bonds. The number of alkyl halides is 3. The Morgan fingerprint density at radius 2 is 1.67 bits per heavy atom. The predicted molar refractivity (Wildman–Crippen MR) is 119 cm³/mol. The monoisotopic (exact) mass is 493 g/mol. The van der Waals surface area contributed by atoms with Crippen molar-refractivity contribution >= 4 is 40.0 Å². The van der Waals surface area contributed by atoms with Gasteiger partial charge in [-0.2, -0.15) is 17.9 Å². The molecule has 0 aliphatic carbocycles. The van der Waals surface area contributed by atoms with E-state index in [2.05, 4.69) is 4.99 Å². The van der Waals surface area contributed by atoms with Crippen LogP contribution in [0.3, 0.4) is 0 Å². The quantitative estimate of drug-likeness (QED) is 0.350. The van der Waals surface area contributed by atoms with Gasteiger partial charge in [-0.3, -0.25) is 4.79 Å². The number of aryl methyl sites for hydroxylation is 1. The first-order valence-electron chi connectivity index (χ1n) is 9.64. The van der Waals surface area contributed by atoms with E-state index in [0.717, 1.165) is 41.0 Å². The highest BCUT2D eigenvalue weighted by Crippen LogP contribution is 2.30. The number of carbonyl (C=O) groups is 1. The van der Waals surface area contributed by atoms with Crippen LogP contribution in [0.15, 0.2) is 66.0 Å². The number of fused-ring (bicyclic) bond motifs is 1. The Hall–Kier alpha value is -3.23. The number of pyridine rings is 1. The zero-order valence-electron chi connectivity index (χ0n) is 17.1. The van der Waals surface area contributed by atoms with E-state index in [0.29, 0.717) is 16.8 Å². The summed E-state index contributed by atoms with van der Waals surface area (Å²) in [5, 5.41) is 10.4. The Labute approximate surface area is 195 Å². The van der Waals surface area contributed by atoms with Gasteiger partial charge in [-0.15, -0.1) is 0 Å². The topological polar surface area (TPSA) is 59.5 Å². The van der Waals surface area contributed by atoms with Crippen molar-refractivity contribution in [2.24, 2.45) is 4.99 Å². The normalized spacial score (nSPS) is 11.7. The van der Waals surface area contributed by atoms with Crippen molar-refractivity contribution in [3.8, 4) is 0 Å². The molecule has 2 aromatic heterocycles. The predicted octanol–water partition coefficient (Wildman–Crippen LogP) is 6.10. The molecular weight excluding hydrogens is 478 g/mol. The molecule has 5 nitrogen and oxygen atoms in total. The van der Waals surface area contributed by atoms with Gasteiger partial charge in [0.15, 0.2) is 0 Å². The van der Waals surface area contributed by atoms with Crippen molar-refractivity contribution in [3.05, 3.63) is 98.7 Å². The molecule has 2 heterocycles. The second-order valence-electron chi connectivity index (χ2n) is 7.47. The summed E-state index contributed by atoms with van der Waals surface area (Å²) in [6.07, 6.45) is -0.211. The maximum atomic E-state index is 12.8. The fourth-order valence-electron chi connectivity index (χ4n) is 3.51. The van der Waals surface area contributed by atoms with Crippen molar-refractivity contribution in [1.29, 1.82) is 0 Å². The second-order valence-corrected chi connectivity index (χ2v) is 8.28. The zero-order chi connectivity index (χ0) is 23.9. The standard InChI is InChI=1S/C23H16Cl2F3N3O2/c1-13-9-30(10-14-2-5-16(6-3-14)23(26,27)28)20-8-15(4-7-17(13)20)22(32)29-21-18(24)11-31(33)12-19(21)25/h2-9,11-12,33H,10H2,1H3. The third-order valence-corrected chi connectivity index (χ3v) is 5.67. The summed E-state index contributed by atoms with van der Waals surface area (Å²) in [4.78, 5) is 16.8. The number of carbonyl (C=O) groups excluding carboxylic acids is 1. The van der Waals surface area contributed by atoms with Crippen molar-refractivity contribution in [2.45, 2.75) is 19.6 Å². The van der Waals surface area contributed by atoms with Crippen LogP contribution in [0.5, 0.6) is 0 Å². The molecule has 0 unspecified atom stereocenters. The van der Waals surface area contributed by atoms with E-state index in [1.807, 2.05) is 17.7 Å². The lowest BCUT2D eigenvalue weighted by atomic mass is 10.1. The molecule has 10 heteroatoms. The number of amides is 1. The van der Waals surface area contributed by atoms with Gasteiger partial charge in [-0.1, -0.05) is 41.4 Å². The number of rotatable bonds is 3. The van der Waals surface area contributed by atoms with E-state index in [9.17, 15) is 23.2 Å². The van der Waals surface area contributed by atoms with Crippen molar-refractivity contribution in [1.82, 2.24) is 9.30 Å². The van der Waals surface area contributed by atoms with Crippen LogP contribution < -0.4 is 5.36 Å². The minimum absolute atomic E-state index is 0.000881. The second kappa shape index (κ2) is 8.61. The highest BCUT2D eigenvalue weighted by atomic mass is 35.5. The van der Waals surface area contributed by atoms with Crippen LogP contribution in [-0.2, 0) is 12.7 Å². The van der Waals surface area contributed by atoms with Gasteiger partial charge in [0.2, 0.25) is 0 Å². The first kappa shape index (κ1) is 22.9. The van der Waals surface area contributed by atoms with Crippen molar-refractivity contribution < 1.29 is 23.2 Å². The van der Waals surface area contributed by atoms with Crippen LogP contribution in [0.4, 0.5) is 13.2 Å². The number of benzene rings is 2. The van der Waals surface area contributed by atoms with Crippen LogP contribution in [0, 0.1) is 6.92 Å². The van der Waals surface area contributed by atoms with Gasteiger partial charge in [-0.25, -0.2) is 4.99 Å². The van der Waals surface area contributed by atoms with Crippen LogP contribution in [-0.4, -0.2) is 20.4 Å². The Bertz CT molecular complexity index is 1410. The fraction of sp³-hybridized carbons (Fsp3) is 0.130. The van der Waals surface area contributed by atoms with E-state index < -0.39 is 17.6 Å². The first-order chi connectivity index (χ1) is 15.5. The number of nitrogens with zero attached hydrogens (tertiary/aromatic N) is 3.